The van der Waals surface area contributed by atoms with Gasteiger partial charge in [0.25, 0.3) is 0 Å². The second kappa shape index (κ2) is 8.12. The molecule has 1 heteroatoms. The van der Waals surface area contributed by atoms with Crippen molar-refractivity contribution in [2.45, 2.75) is 6.92 Å². The van der Waals surface area contributed by atoms with Crippen LogP contribution in [0.25, 0.3) is 33.0 Å². The van der Waals surface area contributed by atoms with Crippen molar-refractivity contribution >= 4 is 22.1 Å². The molecule has 0 unspecified atom stereocenters. The van der Waals surface area contributed by atoms with Crippen molar-refractivity contribution in [1.29, 1.82) is 0 Å². The molecule has 0 aliphatic rings. The minimum atomic E-state index is 1.20. The van der Waals surface area contributed by atoms with Gasteiger partial charge < -0.3 is 4.90 Å². The van der Waals surface area contributed by atoms with E-state index in [1.165, 1.54) is 50.0 Å². The summed E-state index contributed by atoms with van der Waals surface area (Å²) in [4.78, 5) is 2.34. The molecule has 1 nitrogen and oxygen atoms in total. The Labute approximate surface area is 184 Å². The molecule has 150 valence electrons. The zero-order valence-corrected chi connectivity index (χ0v) is 17.9. The zero-order chi connectivity index (χ0) is 21.2. The molecule has 5 rings (SSSR count). The molecule has 0 N–H and O–H groups in total. The smallest absolute Gasteiger partial charge is 0.0517 e. The summed E-state index contributed by atoms with van der Waals surface area (Å²) in [6.45, 7) is 2.20. The van der Waals surface area contributed by atoms with Crippen molar-refractivity contribution in [1.82, 2.24) is 0 Å². The number of anilines is 2. The second-order valence-corrected chi connectivity index (χ2v) is 7.94. The molecular weight excluding hydrogens is 374 g/mol. The highest BCUT2D eigenvalue weighted by Gasteiger charge is 2.17. The Morgan fingerprint density at radius 2 is 1.13 bits per heavy atom. The zero-order valence-electron chi connectivity index (χ0n) is 17.9. The summed E-state index contributed by atoms with van der Waals surface area (Å²) in [5.41, 5.74) is 8.67. The lowest BCUT2D eigenvalue weighted by Crippen LogP contribution is -2.13. The Balaban J connectivity index is 1.72. The third-order valence-electron chi connectivity index (χ3n) is 6.00. The van der Waals surface area contributed by atoms with Crippen LogP contribution in [0.3, 0.4) is 0 Å². The molecule has 0 aliphatic carbocycles. The fourth-order valence-electron chi connectivity index (χ4n) is 4.53. The highest BCUT2D eigenvalue weighted by molar-refractivity contribution is 6.01. The minimum Gasteiger partial charge on any atom is -0.343 e. The SMILES string of the molecule is Cc1cccc(-c2cccc3ccccc23)c1N(C)c1ccccc1-c1ccccc1. The van der Waals surface area contributed by atoms with E-state index in [2.05, 4.69) is 134 Å². The molecule has 0 saturated carbocycles. The molecule has 0 radical (unpaired) electrons. The lowest BCUT2D eigenvalue weighted by atomic mass is 9.94. The molecule has 31 heavy (non-hydrogen) atoms. The average molecular weight is 400 g/mol. The predicted molar refractivity (Wildman–Crippen MR) is 134 cm³/mol. The van der Waals surface area contributed by atoms with Crippen LogP contribution in [0.15, 0.2) is 115 Å². The van der Waals surface area contributed by atoms with Crippen LogP contribution in [0.1, 0.15) is 5.56 Å². The van der Waals surface area contributed by atoms with Crippen molar-refractivity contribution in [2.24, 2.45) is 0 Å². The summed E-state index contributed by atoms with van der Waals surface area (Å²) >= 11 is 0. The van der Waals surface area contributed by atoms with E-state index in [9.17, 15) is 0 Å². The third-order valence-corrected chi connectivity index (χ3v) is 6.00. The molecule has 0 amide bonds. The lowest BCUT2D eigenvalue weighted by Gasteiger charge is -2.27. The molecule has 0 saturated heterocycles. The Hall–Kier alpha value is -3.84. The molecule has 0 aromatic heterocycles. The van der Waals surface area contributed by atoms with E-state index in [1.54, 1.807) is 0 Å². The Kier molecular flexibility index (Phi) is 5.01. The number of hydrogen-bond donors (Lipinski definition) is 0. The van der Waals surface area contributed by atoms with Crippen molar-refractivity contribution in [3.05, 3.63) is 121 Å². The van der Waals surface area contributed by atoms with E-state index in [-0.39, 0.29) is 0 Å². The summed E-state index contributed by atoms with van der Waals surface area (Å²) in [6, 6.07) is 41.1. The number of para-hydroxylation sites is 2. The molecule has 0 spiro atoms. The number of rotatable bonds is 4. The predicted octanol–water partition coefficient (Wildman–Crippen LogP) is 8.25. The number of nitrogens with zero attached hydrogens (tertiary/aromatic N) is 1. The molecule has 5 aromatic carbocycles. The lowest BCUT2D eigenvalue weighted by molar-refractivity contribution is 1.19. The van der Waals surface area contributed by atoms with Gasteiger partial charge in [-0.2, -0.15) is 0 Å². The van der Waals surface area contributed by atoms with Crippen LogP contribution >= 0.6 is 0 Å². The monoisotopic (exact) mass is 399 g/mol. The third kappa shape index (κ3) is 3.49. The van der Waals surface area contributed by atoms with E-state index in [0.717, 1.165) is 0 Å². The van der Waals surface area contributed by atoms with Gasteiger partial charge in [-0.3, -0.25) is 0 Å². The quantitative estimate of drug-likeness (QED) is 0.294. The van der Waals surface area contributed by atoms with E-state index in [1.807, 2.05) is 0 Å². The first-order valence-electron chi connectivity index (χ1n) is 10.7. The van der Waals surface area contributed by atoms with Gasteiger partial charge in [-0.25, -0.2) is 0 Å². The first-order chi connectivity index (χ1) is 15.2. The number of hydrogen-bond acceptors (Lipinski definition) is 1. The van der Waals surface area contributed by atoms with E-state index < -0.39 is 0 Å². The van der Waals surface area contributed by atoms with Crippen LogP contribution in [0.2, 0.25) is 0 Å². The Morgan fingerprint density at radius 1 is 0.516 bits per heavy atom. The van der Waals surface area contributed by atoms with Gasteiger partial charge in [0.2, 0.25) is 0 Å². The Bertz CT molecular complexity index is 1350. The maximum Gasteiger partial charge on any atom is 0.0517 e. The van der Waals surface area contributed by atoms with Crippen LogP contribution in [0.4, 0.5) is 11.4 Å². The molecule has 5 aromatic rings. The van der Waals surface area contributed by atoms with Crippen molar-refractivity contribution in [3.63, 3.8) is 0 Å². The maximum absolute atomic E-state index is 2.34. The standard InChI is InChI=1S/C30H25N/c1-22-12-10-20-28(27-19-11-16-23-15-6-7-17-25(23)27)30(22)31(2)29-21-9-8-18-26(29)24-13-4-3-5-14-24/h3-21H,1-2H3. The highest BCUT2D eigenvalue weighted by Crippen LogP contribution is 2.42. The fourth-order valence-corrected chi connectivity index (χ4v) is 4.53. The largest absolute Gasteiger partial charge is 0.343 e. The molecule has 0 heterocycles. The van der Waals surface area contributed by atoms with Crippen LogP contribution in [0, 0.1) is 6.92 Å². The van der Waals surface area contributed by atoms with Gasteiger partial charge in [0.1, 0.15) is 0 Å². The van der Waals surface area contributed by atoms with Gasteiger partial charge >= 0.3 is 0 Å². The van der Waals surface area contributed by atoms with Crippen molar-refractivity contribution in [3.8, 4) is 22.3 Å². The average Bonchev–Trinajstić information content (AvgIpc) is 2.84. The number of benzene rings is 5. The molecule has 0 aliphatic heterocycles. The molecule has 0 atom stereocenters. The summed E-state index contributed by atoms with van der Waals surface area (Å²) in [6.07, 6.45) is 0. The van der Waals surface area contributed by atoms with Gasteiger partial charge in [-0.1, -0.05) is 109 Å². The molecular formula is C30H25N. The van der Waals surface area contributed by atoms with Gasteiger partial charge in [0.15, 0.2) is 0 Å². The minimum absolute atomic E-state index is 1.20. The summed E-state index contributed by atoms with van der Waals surface area (Å²) in [5.74, 6) is 0. The summed E-state index contributed by atoms with van der Waals surface area (Å²) in [7, 11) is 2.18. The van der Waals surface area contributed by atoms with E-state index in [0.29, 0.717) is 0 Å². The van der Waals surface area contributed by atoms with Gasteiger partial charge in [-0.05, 0) is 40.5 Å². The van der Waals surface area contributed by atoms with Crippen molar-refractivity contribution in [2.75, 3.05) is 11.9 Å². The summed E-state index contributed by atoms with van der Waals surface area (Å²) in [5, 5.41) is 2.54. The Morgan fingerprint density at radius 3 is 2.00 bits per heavy atom. The van der Waals surface area contributed by atoms with Crippen LogP contribution < -0.4 is 4.90 Å². The highest BCUT2D eigenvalue weighted by atomic mass is 15.1. The molecule has 0 fully saturated rings. The number of fused-ring (bicyclic) bond motifs is 1. The van der Waals surface area contributed by atoms with E-state index >= 15 is 0 Å². The van der Waals surface area contributed by atoms with E-state index in [4.69, 9.17) is 0 Å². The van der Waals surface area contributed by atoms with Crippen LogP contribution in [-0.4, -0.2) is 7.05 Å². The number of aryl methyl sites for hydroxylation is 1. The van der Waals surface area contributed by atoms with Gasteiger partial charge in [0, 0.05) is 23.9 Å². The first-order valence-corrected chi connectivity index (χ1v) is 10.7. The summed E-state index contributed by atoms with van der Waals surface area (Å²) < 4.78 is 0. The normalized spacial score (nSPS) is 10.9. The second-order valence-electron chi connectivity index (χ2n) is 7.94. The van der Waals surface area contributed by atoms with Crippen molar-refractivity contribution < 1.29 is 0 Å². The topological polar surface area (TPSA) is 3.24 Å². The van der Waals surface area contributed by atoms with Gasteiger partial charge in [0.05, 0.1) is 5.69 Å². The maximum atomic E-state index is 2.34. The van der Waals surface area contributed by atoms with Crippen LogP contribution in [0.5, 0.6) is 0 Å². The van der Waals surface area contributed by atoms with Crippen LogP contribution in [-0.2, 0) is 0 Å². The fraction of sp³-hybridized carbons (Fsp3) is 0.0667. The first kappa shape index (κ1) is 19.1. The van der Waals surface area contributed by atoms with Gasteiger partial charge in [-0.15, -0.1) is 0 Å². The molecule has 0 bridgehead atoms.